The lowest BCUT2D eigenvalue weighted by Crippen LogP contribution is -2.13. The molecule has 4 aromatic rings. The zero-order chi connectivity index (χ0) is 23.5. The van der Waals surface area contributed by atoms with Gasteiger partial charge in [-0.3, -0.25) is 4.79 Å². The van der Waals surface area contributed by atoms with Gasteiger partial charge in [-0.15, -0.1) is 10.2 Å². The van der Waals surface area contributed by atoms with Gasteiger partial charge in [-0.25, -0.2) is 0 Å². The van der Waals surface area contributed by atoms with E-state index in [1.165, 1.54) is 5.56 Å². The summed E-state index contributed by atoms with van der Waals surface area (Å²) in [5.41, 5.74) is 5.85. The normalized spacial score (nSPS) is 11.4. The van der Waals surface area contributed by atoms with E-state index in [4.69, 9.17) is 4.74 Å². The number of nitrogens with one attached hydrogen (secondary N) is 1. The van der Waals surface area contributed by atoms with Gasteiger partial charge in [-0.05, 0) is 72.4 Å². The van der Waals surface area contributed by atoms with Gasteiger partial charge in [0.15, 0.2) is 0 Å². The molecular formula is C27H30N4O2. The Bertz CT molecular complexity index is 1270. The van der Waals surface area contributed by atoms with Gasteiger partial charge in [-0.2, -0.15) is 4.80 Å². The highest BCUT2D eigenvalue weighted by Gasteiger charge is 2.13. The SMILES string of the molecule is Cc1cc2nn(-c3ccc(C(C)C)cc3)nc2cc1NC(=O)c1cccc(OCC(C)C)c1. The van der Waals surface area contributed by atoms with E-state index in [-0.39, 0.29) is 5.91 Å². The smallest absolute Gasteiger partial charge is 0.255 e. The van der Waals surface area contributed by atoms with Crippen LogP contribution in [-0.2, 0) is 0 Å². The lowest BCUT2D eigenvalue weighted by Gasteiger charge is -2.11. The maximum Gasteiger partial charge on any atom is 0.255 e. The van der Waals surface area contributed by atoms with Crippen LogP contribution in [0.15, 0.2) is 60.7 Å². The summed E-state index contributed by atoms with van der Waals surface area (Å²) in [5, 5.41) is 12.3. The van der Waals surface area contributed by atoms with Crippen molar-refractivity contribution in [2.45, 2.75) is 40.5 Å². The Balaban J connectivity index is 1.55. The van der Waals surface area contributed by atoms with E-state index in [1.54, 1.807) is 16.9 Å². The number of rotatable bonds is 7. The predicted octanol–water partition coefficient (Wildman–Crippen LogP) is 6.14. The Labute approximate surface area is 194 Å². The average Bonchev–Trinajstić information content (AvgIpc) is 3.20. The average molecular weight is 443 g/mol. The highest BCUT2D eigenvalue weighted by molar-refractivity contribution is 6.05. The number of anilines is 1. The minimum atomic E-state index is -0.191. The first-order valence-electron chi connectivity index (χ1n) is 11.3. The molecular weight excluding hydrogens is 412 g/mol. The van der Waals surface area contributed by atoms with Crippen LogP contribution in [0.3, 0.4) is 0 Å². The second-order valence-corrected chi connectivity index (χ2v) is 9.08. The summed E-state index contributed by atoms with van der Waals surface area (Å²) in [6, 6.07) is 19.3. The van der Waals surface area contributed by atoms with Crippen LogP contribution >= 0.6 is 0 Å². The van der Waals surface area contributed by atoms with Crippen LogP contribution in [-0.4, -0.2) is 27.5 Å². The molecule has 0 saturated carbocycles. The molecule has 0 radical (unpaired) electrons. The van der Waals surface area contributed by atoms with Crippen molar-refractivity contribution in [3.63, 3.8) is 0 Å². The third-order valence-electron chi connectivity index (χ3n) is 5.44. The molecule has 0 atom stereocenters. The molecule has 6 heteroatoms. The van der Waals surface area contributed by atoms with Gasteiger partial charge in [0, 0.05) is 11.3 Å². The van der Waals surface area contributed by atoms with Crippen LogP contribution in [0.4, 0.5) is 5.69 Å². The molecule has 1 amide bonds. The highest BCUT2D eigenvalue weighted by Crippen LogP contribution is 2.24. The Morgan fingerprint density at radius 3 is 2.33 bits per heavy atom. The van der Waals surface area contributed by atoms with Crippen molar-refractivity contribution in [2.75, 3.05) is 11.9 Å². The number of aromatic nitrogens is 3. The number of nitrogens with zero attached hydrogens (tertiary/aromatic N) is 3. The monoisotopic (exact) mass is 442 g/mol. The first-order valence-corrected chi connectivity index (χ1v) is 11.3. The van der Waals surface area contributed by atoms with Gasteiger partial charge in [0.1, 0.15) is 16.8 Å². The Hall–Kier alpha value is -3.67. The number of aryl methyl sites for hydroxylation is 1. The van der Waals surface area contributed by atoms with E-state index in [0.717, 1.165) is 22.3 Å². The largest absolute Gasteiger partial charge is 0.493 e. The summed E-state index contributed by atoms with van der Waals surface area (Å²) in [7, 11) is 0. The molecule has 1 aromatic heterocycles. The van der Waals surface area contributed by atoms with E-state index >= 15 is 0 Å². The maximum absolute atomic E-state index is 12.9. The highest BCUT2D eigenvalue weighted by atomic mass is 16.5. The molecule has 1 N–H and O–H groups in total. The number of benzene rings is 3. The number of amides is 1. The van der Waals surface area contributed by atoms with Crippen LogP contribution < -0.4 is 10.1 Å². The standard InChI is InChI=1S/C27H30N4O2/c1-17(2)16-33-23-8-6-7-21(14-23)27(32)28-24-15-26-25(13-19(24)5)29-31(30-26)22-11-9-20(10-12-22)18(3)4/h6-15,17-18H,16H2,1-5H3,(H,28,32). The number of ether oxygens (including phenoxy) is 1. The summed E-state index contributed by atoms with van der Waals surface area (Å²) in [6.07, 6.45) is 0. The van der Waals surface area contributed by atoms with E-state index in [1.807, 2.05) is 43.3 Å². The molecule has 1 heterocycles. The number of fused-ring (bicyclic) bond motifs is 1. The zero-order valence-electron chi connectivity index (χ0n) is 19.8. The van der Waals surface area contributed by atoms with Crippen molar-refractivity contribution in [2.24, 2.45) is 5.92 Å². The number of hydrogen-bond donors (Lipinski definition) is 1. The summed E-state index contributed by atoms with van der Waals surface area (Å²) in [4.78, 5) is 14.5. The minimum absolute atomic E-state index is 0.191. The summed E-state index contributed by atoms with van der Waals surface area (Å²) in [5.74, 6) is 1.39. The van der Waals surface area contributed by atoms with Crippen LogP contribution in [0.2, 0.25) is 0 Å². The molecule has 0 fully saturated rings. The van der Waals surface area contributed by atoms with Gasteiger partial charge >= 0.3 is 0 Å². The molecule has 4 rings (SSSR count). The summed E-state index contributed by atoms with van der Waals surface area (Å²) < 4.78 is 5.75. The molecule has 170 valence electrons. The molecule has 6 nitrogen and oxygen atoms in total. The van der Waals surface area contributed by atoms with Gasteiger partial charge < -0.3 is 10.1 Å². The van der Waals surface area contributed by atoms with Crippen molar-refractivity contribution in [3.05, 3.63) is 77.4 Å². The number of carbonyl (C=O) groups is 1. The molecule has 0 unspecified atom stereocenters. The van der Waals surface area contributed by atoms with E-state index in [2.05, 4.69) is 55.3 Å². The van der Waals surface area contributed by atoms with Crippen LogP contribution in [0.1, 0.15) is 55.1 Å². The van der Waals surface area contributed by atoms with Crippen molar-refractivity contribution in [3.8, 4) is 11.4 Å². The third-order valence-corrected chi connectivity index (χ3v) is 5.44. The van der Waals surface area contributed by atoms with Crippen molar-refractivity contribution < 1.29 is 9.53 Å². The van der Waals surface area contributed by atoms with Crippen molar-refractivity contribution in [1.82, 2.24) is 15.0 Å². The van der Waals surface area contributed by atoms with E-state index in [0.29, 0.717) is 35.4 Å². The third kappa shape index (κ3) is 5.22. The predicted molar refractivity (Wildman–Crippen MR) is 132 cm³/mol. The fourth-order valence-electron chi connectivity index (χ4n) is 3.50. The number of carbonyl (C=O) groups excluding carboxylic acids is 1. The van der Waals surface area contributed by atoms with Gasteiger partial charge in [0.25, 0.3) is 5.91 Å². The van der Waals surface area contributed by atoms with E-state index in [9.17, 15) is 4.79 Å². The van der Waals surface area contributed by atoms with Crippen LogP contribution in [0, 0.1) is 12.8 Å². The summed E-state index contributed by atoms with van der Waals surface area (Å²) in [6.45, 7) is 11.1. The Morgan fingerprint density at radius 1 is 0.970 bits per heavy atom. The molecule has 3 aromatic carbocycles. The lowest BCUT2D eigenvalue weighted by molar-refractivity contribution is 0.102. The van der Waals surface area contributed by atoms with Gasteiger partial charge in [0.05, 0.1) is 12.3 Å². The summed E-state index contributed by atoms with van der Waals surface area (Å²) >= 11 is 0. The first-order chi connectivity index (χ1) is 15.8. The van der Waals surface area contributed by atoms with Crippen LogP contribution in [0.5, 0.6) is 5.75 Å². The van der Waals surface area contributed by atoms with Gasteiger partial charge in [-0.1, -0.05) is 45.9 Å². The fraction of sp³-hybridized carbons (Fsp3) is 0.296. The molecule has 0 bridgehead atoms. The fourth-order valence-corrected chi connectivity index (χ4v) is 3.50. The number of hydrogen-bond acceptors (Lipinski definition) is 4. The second kappa shape index (κ2) is 9.45. The van der Waals surface area contributed by atoms with Crippen LogP contribution in [0.25, 0.3) is 16.7 Å². The quantitative estimate of drug-likeness (QED) is 0.373. The van der Waals surface area contributed by atoms with Crippen molar-refractivity contribution in [1.29, 1.82) is 0 Å². The molecule has 0 saturated heterocycles. The topological polar surface area (TPSA) is 69.0 Å². The Kier molecular flexibility index (Phi) is 6.45. The molecule has 33 heavy (non-hydrogen) atoms. The van der Waals surface area contributed by atoms with Gasteiger partial charge in [0.2, 0.25) is 0 Å². The zero-order valence-corrected chi connectivity index (χ0v) is 19.8. The lowest BCUT2D eigenvalue weighted by atomic mass is 10.0. The van der Waals surface area contributed by atoms with Crippen molar-refractivity contribution >= 4 is 22.6 Å². The molecule has 0 aliphatic carbocycles. The first kappa shape index (κ1) is 22.5. The molecule has 0 aliphatic rings. The minimum Gasteiger partial charge on any atom is -0.493 e. The Morgan fingerprint density at radius 2 is 1.67 bits per heavy atom. The molecule has 0 aliphatic heterocycles. The maximum atomic E-state index is 12.9. The van der Waals surface area contributed by atoms with E-state index < -0.39 is 0 Å². The molecule has 0 spiro atoms. The second-order valence-electron chi connectivity index (χ2n) is 9.08.